The van der Waals surface area contributed by atoms with Crippen LogP contribution in [0.2, 0.25) is 39.3 Å². The summed E-state index contributed by atoms with van der Waals surface area (Å²) in [7, 11) is 0.820. The lowest BCUT2D eigenvalue weighted by Crippen LogP contribution is -2.52. The summed E-state index contributed by atoms with van der Waals surface area (Å²) in [6, 6.07) is 11.5. The first-order valence-electron chi connectivity index (χ1n) is 8.27. The van der Waals surface area contributed by atoms with Crippen molar-refractivity contribution in [3.8, 4) is 0 Å². The fourth-order valence-electron chi connectivity index (χ4n) is 3.65. The molecule has 0 saturated carbocycles. The molecule has 1 aromatic carbocycles. The molecule has 0 radical (unpaired) electrons. The molecule has 1 aliphatic rings. The zero-order chi connectivity index (χ0) is 17.4. The molecule has 6 heteroatoms. The van der Waals surface area contributed by atoms with E-state index in [4.69, 9.17) is 9.50 Å². The smallest absolute Gasteiger partial charge is 0.291 e. The number of hydrogen-bond donors (Lipinski definition) is 0. The predicted octanol–water partition coefficient (Wildman–Crippen LogP) is 5.15. The Labute approximate surface area is 145 Å². The van der Waals surface area contributed by atoms with Crippen molar-refractivity contribution in [1.29, 1.82) is 0 Å². The highest BCUT2D eigenvalue weighted by atomic mass is 31.1. The van der Waals surface area contributed by atoms with Gasteiger partial charge in [-0.05, 0) is 10.5 Å². The minimum Gasteiger partial charge on any atom is -0.450 e. The molecule has 0 N–H and O–H groups in total. The van der Waals surface area contributed by atoms with E-state index in [0.29, 0.717) is 0 Å². The summed E-state index contributed by atoms with van der Waals surface area (Å²) in [5.74, 6) is 0.118. The van der Waals surface area contributed by atoms with E-state index in [1.54, 1.807) is 0 Å². The molecule has 0 bridgehead atoms. The minimum atomic E-state index is -1.34. The monoisotopic (exact) mass is 366 g/mol. The highest BCUT2D eigenvalue weighted by Gasteiger charge is 2.49. The van der Waals surface area contributed by atoms with Crippen LogP contribution in [0.25, 0.3) is 0 Å². The van der Waals surface area contributed by atoms with Crippen molar-refractivity contribution < 1.29 is 4.74 Å². The van der Waals surface area contributed by atoms with Crippen molar-refractivity contribution in [3.63, 3.8) is 0 Å². The van der Waals surface area contributed by atoms with Crippen LogP contribution in [-0.2, 0) is 4.74 Å². The van der Waals surface area contributed by atoms with Crippen molar-refractivity contribution in [2.75, 3.05) is 14.1 Å². The first kappa shape index (κ1) is 18.7. The Kier molecular flexibility index (Phi) is 5.44. The number of rotatable bonds is 4. The van der Waals surface area contributed by atoms with Gasteiger partial charge in [0, 0.05) is 14.1 Å². The molecular formula is C17H31N2OPSi2. The Bertz CT molecular complexity index is 550. The standard InChI is InChI=1S/C17H31N2OPSi2/c1-19(2)16-18-21(17(22(3,4)5)23(6,7)8)15(20-16)14-12-10-9-11-13-14/h9-13,15,17H,1-8H3/t15-,21?/m0/s1. The molecule has 1 aromatic rings. The van der Waals surface area contributed by atoms with E-state index in [-0.39, 0.29) is 5.85 Å². The lowest BCUT2D eigenvalue weighted by atomic mass is 10.2. The van der Waals surface area contributed by atoms with Gasteiger partial charge in [0.05, 0.1) is 24.2 Å². The summed E-state index contributed by atoms with van der Waals surface area (Å²) in [5, 5.41) is 0. The predicted molar refractivity (Wildman–Crippen MR) is 109 cm³/mol. The van der Waals surface area contributed by atoms with Gasteiger partial charge in [-0.2, -0.15) is 0 Å². The fourth-order valence-corrected chi connectivity index (χ4v) is 23.1. The summed E-state index contributed by atoms with van der Waals surface area (Å²) in [4.78, 5) is 2.76. The van der Waals surface area contributed by atoms with Crippen LogP contribution >= 0.6 is 8.07 Å². The molecule has 0 fully saturated rings. The molecule has 0 spiro atoms. The largest absolute Gasteiger partial charge is 0.450 e. The van der Waals surface area contributed by atoms with E-state index in [0.717, 1.165) is 10.9 Å². The fraction of sp³-hybridized carbons (Fsp3) is 0.588. The lowest BCUT2D eigenvalue weighted by molar-refractivity contribution is 0.244. The molecule has 1 aliphatic heterocycles. The third-order valence-corrected chi connectivity index (χ3v) is 20.6. The van der Waals surface area contributed by atoms with Crippen molar-refractivity contribution in [2.24, 2.45) is 4.76 Å². The number of benzene rings is 1. The molecule has 128 valence electrons. The molecule has 2 rings (SSSR count). The first-order chi connectivity index (χ1) is 10.5. The SMILES string of the molecule is CN(C)C1=NP(C([Si](C)(C)C)[Si](C)(C)C)[C@@H](c2ccccc2)O1. The van der Waals surface area contributed by atoms with E-state index in [1.807, 2.05) is 19.0 Å². The van der Waals surface area contributed by atoms with E-state index in [2.05, 4.69) is 69.6 Å². The normalized spacial score (nSPS) is 22.0. The Balaban J connectivity index is 2.48. The molecule has 1 heterocycles. The molecule has 2 atom stereocenters. The number of hydrogen-bond acceptors (Lipinski definition) is 3. The zero-order valence-corrected chi connectivity index (χ0v) is 18.7. The highest BCUT2D eigenvalue weighted by Crippen LogP contribution is 2.64. The molecule has 0 aliphatic carbocycles. The van der Waals surface area contributed by atoms with Gasteiger partial charge in [-0.25, -0.2) is 4.76 Å². The molecular weight excluding hydrogens is 335 g/mol. The van der Waals surface area contributed by atoms with E-state index >= 15 is 0 Å². The van der Waals surface area contributed by atoms with E-state index in [9.17, 15) is 0 Å². The Morgan fingerprint density at radius 1 is 1.00 bits per heavy atom. The van der Waals surface area contributed by atoms with Gasteiger partial charge in [-0.15, -0.1) is 0 Å². The first-order valence-corrected chi connectivity index (χ1v) is 16.9. The number of nitrogens with zero attached hydrogens (tertiary/aromatic N) is 2. The Morgan fingerprint density at radius 2 is 1.52 bits per heavy atom. The second-order valence-electron chi connectivity index (χ2n) is 8.67. The van der Waals surface area contributed by atoms with Crippen molar-refractivity contribution in [2.45, 2.75) is 50.0 Å². The average Bonchev–Trinajstić information content (AvgIpc) is 2.81. The van der Waals surface area contributed by atoms with Crippen LogP contribution in [0.5, 0.6) is 0 Å². The van der Waals surface area contributed by atoms with Crippen LogP contribution in [0.3, 0.4) is 0 Å². The van der Waals surface area contributed by atoms with Gasteiger partial charge in [0.25, 0.3) is 6.02 Å². The Hall–Kier alpha value is -0.646. The van der Waals surface area contributed by atoms with Gasteiger partial charge in [0.15, 0.2) is 5.85 Å². The van der Waals surface area contributed by atoms with Gasteiger partial charge >= 0.3 is 0 Å². The van der Waals surface area contributed by atoms with Gasteiger partial charge < -0.3 is 9.64 Å². The van der Waals surface area contributed by atoms with Crippen molar-refractivity contribution in [3.05, 3.63) is 35.9 Å². The summed E-state index contributed by atoms with van der Waals surface area (Å²) in [6.45, 7) is 15.0. The van der Waals surface area contributed by atoms with Crippen molar-refractivity contribution >= 4 is 30.2 Å². The zero-order valence-electron chi connectivity index (χ0n) is 15.8. The summed E-state index contributed by atoms with van der Waals surface area (Å²) >= 11 is 0. The van der Waals surface area contributed by atoms with Gasteiger partial charge in [-0.3, -0.25) is 0 Å². The maximum atomic E-state index is 6.34. The van der Waals surface area contributed by atoms with Crippen LogP contribution in [0.4, 0.5) is 0 Å². The Morgan fingerprint density at radius 3 is 1.96 bits per heavy atom. The second-order valence-corrected chi connectivity index (χ2v) is 22.8. The minimum absolute atomic E-state index is 0.118. The van der Waals surface area contributed by atoms with Gasteiger partial charge in [0.1, 0.15) is 0 Å². The molecule has 23 heavy (non-hydrogen) atoms. The second kappa shape index (κ2) is 6.69. The van der Waals surface area contributed by atoms with E-state index in [1.165, 1.54) is 5.56 Å². The van der Waals surface area contributed by atoms with Gasteiger partial charge in [0.2, 0.25) is 0 Å². The maximum Gasteiger partial charge on any atom is 0.291 e. The van der Waals surface area contributed by atoms with Crippen LogP contribution in [0, 0.1) is 0 Å². The van der Waals surface area contributed by atoms with Crippen LogP contribution in [0.1, 0.15) is 11.4 Å². The summed E-state index contributed by atoms with van der Waals surface area (Å²) in [6.07, 6.45) is 0. The maximum absolute atomic E-state index is 6.34. The van der Waals surface area contributed by atoms with Crippen LogP contribution in [0.15, 0.2) is 35.1 Å². The quantitative estimate of drug-likeness (QED) is 0.543. The number of amidine groups is 1. The molecule has 0 saturated heterocycles. The molecule has 3 nitrogen and oxygen atoms in total. The summed E-state index contributed by atoms with van der Waals surface area (Å²) in [5.41, 5.74) is 1.28. The van der Waals surface area contributed by atoms with E-state index < -0.39 is 24.2 Å². The number of ether oxygens (including phenoxy) is 1. The third kappa shape index (κ3) is 4.26. The van der Waals surface area contributed by atoms with Crippen LogP contribution in [-0.4, -0.2) is 46.1 Å². The highest BCUT2D eigenvalue weighted by molar-refractivity contribution is 7.64. The van der Waals surface area contributed by atoms with Crippen LogP contribution < -0.4 is 0 Å². The van der Waals surface area contributed by atoms with Crippen molar-refractivity contribution in [1.82, 2.24) is 4.90 Å². The lowest BCUT2D eigenvalue weighted by Gasteiger charge is -2.42. The van der Waals surface area contributed by atoms with Gasteiger partial charge in [-0.1, -0.05) is 69.6 Å². The molecule has 0 amide bonds. The third-order valence-electron chi connectivity index (χ3n) is 4.03. The topological polar surface area (TPSA) is 24.8 Å². The average molecular weight is 367 g/mol. The molecule has 0 aromatic heterocycles. The summed E-state index contributed by atoms with van der Waals surface area (Å²) < 4.78 is 11.5. The molecule has 1 unspecified atom stereocenters.